The molecule has 21 heavy (non-hydrogen) atoms. The molecule has 1 heterocycles. The van der Waals surface area contributed by atoms with Gasteiger partial charge in [0.2, 0.25) is 0 Å². The molecule has 126 valence electrons. The van der Waals surface area contributed by atoms with Crippen LogP contribution in [0.4, 0.5) is 0 Å². The quantitative estimate of drug-likeness (QED) is 0.572. The number of unbranched alkanes of at least 4 members (excludes halogenated alkanes) is 2. The summed E-state index contributed by atoms with van der Waals surface area (Å²) in [6.07, 6.45) is 9.91. The lowest BCUT2D eigenvalue weighted by molar-refractivity contribution is 0.151. The van der Waals surface area contributed by atoms with E-state index in [-0.39, 0.29) is 0 Å². The van der Waals surface area contributed by atoms with Crippen LogP contribution in [0.25, 0.3) is 0 Å². The van der Waals surface area contributed by atoms with Crippen LogP contribution in [0.15, 0.2) is 0 Å². The maximum atomic E-state index is 2.65. The van der Waals surface area contributed by atoms with Crippen LogP contribution in [0.5, 0.6) is 0 Å². The maximum absolute atomic E-state index is 2.65. The zero-order valence-corrected chi connectivity index (χ0v) is 15.5. The minimum Gasteiger partial charge on any atom is -0.304 e. The van der Waals surface area contributed by atoms with Crippen LogP contribution < -0.4 is 0 Å². The molecular formula is C19H40N2. The van der Waals surface area contributed by atoms with E-state index in [1.165, 1.54) is 77.7 Å². The lowest BCUT2D eigenvalue weighted by Crippen LogP contribution is -2.44. The summed E-state index contributed by atoms with van der Waals surface area (Å²) in [7, 11) is 2.24. The van der Waals surface area contributed by atoms with E-state index in [9.17, 15) is 0 Å². The van der Waals surface area contributed by atoms with E-state index in [0.717, 1.165) is 5.92 Å². The van der Waals surface area contributed by atoms with Gasteiger partial charge in [-0.2, -0.15) is 0 Å². The van der Waals surface area contributed by atoms with E-state index in [2.05, 4.69) is 44.5 Å². The fourth-order valence-corrected chi connectivity index (χ4v) is 3.21. The van der Waals surface area contributed by atoms with Crippen LogP contribution in [-0.4, -0.2) is 49.6 Å². The van der Waals surface area contributed by atoms with Crippen molar-refractivity contribution in [3.05, 3.63) is 0 Å². The zero-order valence-electron chi connectivity index (χ0n) is 15.5. The number of rotatable bonds is 9. The summed E-state index contributed by atoms with van der Waals surface area (Å²) in [5, 5.41) is 0. The first-order valence-electron chi connectivity index (χ1n) is 9.31. The summed E-state index contributed by atoms with van der Waals surface area (Å²) in [6.45, 7) is 15.9. The SMILES string of the molecule is CC[C@H](CCCCCN1CCN(C)CC1)CCC(C)(C)C. The first-order chi connectivity index (χ1) is 9.90. The molecule has 1 saturated heterocycles. The van der Waals surface area contributed by atoms with E-state index in [1.807, 2.05) is 0 Å². The monoisotopic (exact) mass is 296 g/mol. The molecule has 0 aromatic rings. The largest absolute Gasteiger partial charge is 0.304 e. The third-order valence-electron chi connectivity index (χ3n) is 5.06. The average molecular weight is 297 g/mol. The molecule has 0 aliphatic carbocycles. The Hall–Kier alpha value is -0.0800. The van der Waals surface area contributed by atoms with Crippen LogP contribution in [0.3, 0.4) is 0 Å². The maximum Gasteiger partial charge on any atom is 0.0110 e. The molecule has 1 aliphatic rings. The van der Waals surface area contributed by atoms with Crippen molar-refractivity contribution in [3.8, 4) is 0 Å². The van der Waals surface area contributed by atoms with Crippen molar-refractivity contribution in [2.24, 2.45) is 11.3 Å². The zero-order chi connectivity index (χ0) is 15.7. The smallest absolute Gasteiger partial charge is 0.0110 e. The van der Waals surface area contributed by atoms with Gasteiger partial charge in [0.15, 0.2) is 0 Å². The van der Waals surface area contributed by atoms with Gasteiger partial charge in [-0.15, -0.1) is 0 Å². The number of hydrogen-bond donors (Lipinski definition) is 0. The molecule has 0 saturated carbocycles. The van der Waals surface area contributed by atoms with Gasteiger partial charge < -0.3 is 9.80 Å². The molecule has 1 rings (SSSR count). The highest BCUT2D eigenvalue weighted by Crippen LogP contribution is 2.27. The van der Waals surface area contributed by atoms with E-state index in [0.29, 0.717) is 5.41 Å². The van der Waals surface area contributed by atoms with Crippen molar-refractivity contribution in [1.29, 1.82) is 0 Å². The minimum absolute atomic E-state index is 0.509. The Labute approximate surface area is 134 Å². The second kappa shape index (κ2) is 9.84. The van der Waals surface area contributed by atoms with Gasteiger partial charge in [0.1, 0.15) is 0 Å². The van der Waals surface area contributed by atoms with Gasteiger partial charge in [-0.05, 0) is 44.2 Å². The topological polar surface area (TPSA) is 6.48 Å². The van der Waals surface area contributed by atoms with Gasteiger partial charge in [-0.3, -0.25) is 0 Å². The predicted molar refractivity (Wildman–Crippen MR) is 94.9 cm³/mol. The van der Waals surface area contributed by atoms with Crippen LogP contribution in [0.2, 0.25) is 0 Å². The Morgan fingerprint density at radius 3 is 2.14 bits per heavy atom. The number of nitrogens with zero attached hydrogens (tertiary/aromatic N) is 2. The van der Waals surface area contributed by atoms with E-state index in [1.54, 1.807) is 0 Å². The van der Waals surface area contributed by atoms with E-state index >= 15 is 0 Å². The van der Waals surface area contributed by atoms with Crippen molar-refractivity contribution in [2.45, 2.75) is 72.6 Å². The Kier molecular flexibility index (Phi) is 8.89. The average Bonchev–Trinajstić information content (AvgIpc) is 2.43. The lowest BCUT2D eigenvalue weighted by Gasteiger charge is -2.32. The normalized spacial score (nSPS) is 19.9. The summed E-state index contributed by atoms with van der Waals surface area (Å²) >= 11 is 0. The molecule has 1 fully saturated rings. The summed E-state index contributed by atoms with van der Waals surface area (Å²) in [5.41, 5.74) is 0.509. The molecule has 0 amide bonds. The molecule has 0 radical (unpaired) electrons. The molecule has 1 atom stereocenters. The third-order valence-corrected chi connectivity index (χ3v) is 5.06. The number of piperazine rings is 1. The number of likely N-dealkylation sites (N-methyl/N-ethyl adjacent to an activating group) is 1. The van der Waals surface area contributed by atoms with Gasteiger partial charge in [-0.1, -0.05) is 53.4 Å². The van der Waals surface area contributed by atoms with Gasteiger partial charge >= 0.3 is 0 Å². The molecule has 1 aliphatic heterocycles. The van der Waals surface area contributed by atoms with Gasteiger partial charge in [0.05, 0.1) is 0 Å². The third kappa shape index (κ3) is 9.52. The van der Waals surface area contributed by atoms with Crippen molar-refractivity contribution in [3.63, 3.8) is 0 Å². The van der Waals surface area contributed by atoms with Crippen molar-refractivity contribution in [2.75, 3.05) is 39.8 Å². The van der Waals surface area contributed by atoms with Gasteiger partial charge in [0, 0.05) is 26.2 Å². The molecule has 0 spiro atoms. The van der Waals surface area contributed by atoms with Crippen molar-refractivity contribution < 1.29 is 0 Å². The summed E-state index contributed by atoms with van der Waals surface area (Å²) in [6, 6.07) is 0. The lowest BCUT2D eigenvalue weighted by atomic mass is 9.84. The Morgan fingerprint density at radius 1 is 0.905 bits per heavy atom. The van der Waals surface area contributed by atoms with Crippen LogP contribution in [-0.2, 0) is 0 Å². The fourth-order valence-electron chi connectivity index (χ4n) is 3.21. The minimum atomic E-state index is 0.509. The first-order valence-corrected chi connectivity index (χ1v) is 9.31. The molecular weight excluding hydrogens is 256 g/mol. The second-order valence-electron chi connectivity index (χ2n) is 8.37. The number of hydrogen-bond acceptors (Lipinski definition) is 2. The molecule has 2 heteroatoms. The van der Waals surface area contributed by atoms with Gasteiger partial charge in [0.25, 0.3) is 0 Å². The summed E-state index contributed by atoms with van der Waals surface area (Å²) < 4.78 is 0. The van der Waals surface area contributed by atoms with Crippen molar-refractivity contribution >= 4 is 0 Å². The van der Waals surface area contributed by atoms with E-state index < -0.39 is 0 Å². The fraction of sp³-hybridized carbons (Fsp3) is 1.00. The van der Waals surface area contributed by atoms with E-state index in [4.69, 9.17) is 0 Å². The Balaban J connectivity index is 2.01. The predicted octanol–water partition coefficient (Wildman–Crippen LogP) is 4.65. The van der Waals surface area contributed by atoms with Crippen LogP contribution >= 0.6 is 0 Å². The highest BCUT2D eigenvalue weighted by molar-refractivity contribution is 4.69. The Bertz CT molecular complexity index is 249. The first kappa shape index (κ1) is 19.0. The van der Waals surface area contributed by atoms with Crippen molar-refractivity contribution in [1.82, 2.24) is 9.80 Å². The van der Waals surface area contributed by atoms with Crippen LogP contribution in [0, 0.1) is 11.3 Å². The molecule has 0 unspecified atom stereocenters. The summed E-state index contributed by atoms with van der Waals surface area (Å²) in [4.78, 5) is 5.09. The molecule has 0 bridgehead atoms. The van der Waals surface area contributed by atoms with Crippen LogP contribution in [0.1, 0.15) is 72.6 Å². The summed E-state index contributed by atoms with van der Waals surface area (Å²) in [5.74, 6) is 0.966. The second-order valence-corrected chi connectivity index (χ2v) is 8.37. The van der Waals surface area contributed by atoms with Gasteiger partial charge in [-0.25, -0.2) is 0 Å². The standard InChI is InChI=1S/C19H40N2/c1-6-18(11-12-19(2,3)4)10-8-7-9-13-21-16-14-20(5)15-17-21/h18H,6-17H2,1-5H3/t18-/m1/s1. The highest BCUT2D eigenvalue weighted by Gasteiger charge is 2.15. The highest BCUT2D eigenvalue weighted by atomic mass is 15.2. The molecule has 0 aromatic carbocycles. The Morgan fingerprint density at radius 2 is 1.57 bits per heavy atom. The molecule has 0 aromatic heterocycles. The molecule has 2 nitrogen and oxygen atoms in total. The molecule has 0 N–H and O–H groups in total.